The van der Waals surface area contributed by atoms with Crippen molar-refractivity contribution in [3.05, 3.63) is 94.0 Å². The Bertz CT molecular complexity index is 1970. The summed E-state index contributed by atoms with van der Waals surface area (Å²) in [6.45, 7) is 1.77. The van der Waals surface area contributed by atoms with Gasteiger partial charge in [-0.15, -0.1) is 0 Å². The van der Waals surface area contributed by atoms with Crippen LogP contribution in [0.15, 0.2) is 60.7 Å². The normalized spacial score (nSPS) is 17.4. The summed E-state index contributed by atoms with van der Waals surface area (Å²) in [5, 5.41) is 22.3. The van der Waals surface area contributed by atoms with Gasteiger partial charge in [-0.2, -0.15) is 8.42 Å². The number of hydrogen-bond acceptors (Lipinski definition) is 10. The van der Waals surface area contributed by atoms with E-state index >= 15 is 0 Å². The Morgan fingerprint density at radius 3 is 1.87 bits per heavy atom. The van der Waals surface area contributed by atoms with Crippen LogP contribution in [0.4, 0.5) is 0 Å². The lowest BCUT2D eigenvalue weighted by Gasteiger charge is -2.36. The van der Waals surface area contributed by atoms with E-state index in [9.17, 15) is 10.2 Å². The highest BCUT2D eigenvalue weighted by atomic mass is 32.3. The number of nitrogens with zero attached hydrogens (tertiary/aromatic N) is 2. The van der Waals surface area contributed by atoms with Gasteiger partial charge in [-0.25, -0.2) is 0 Å². The van der Waals surface area contributed by atoms with Gasteiger partial charge in [0.05, 0.1) is 14.2 Å². The second-order valence-corrected chi connectivity index (χ2v) is 13.4. The first-order valence-electron chi connectivity index (χ1n) is 15.8. The van der Waals surface area contributed by atoms with Crippen molar-refractivity contribution >= 4 is 10.4 Å². The van der Waals surface area contributed by atoms with E-state index in [1.54, 1.807) is 20.3 Å². The van der Waals surface area contributed by atoms with Crippen molar-refractivity contribution in [2.75, 3.05) is 41.4 Å². The van der Waals surface area contributed by atoms with Crippen LogP contribution in [0.1, 0.15) is 45.5 Å². The molecule has 0 aromatic heterocycles. The van der Waals surface area contributed by atoms with E-state index < -0.39 is 10.4 Å². The molecular weight excluding hydrogens is 716 g/mol. The number of methoxy groups -OCH3 is 2. The molecule has 0 spiro atoms. The molecule has 0 unspecified atom stereocenters. The molecular formula is C36H48N2O14S. The zero-order valence-corrected chi connectivity index (χ0v) is 30.5. The van der Waals surface area contributed by atoms with Gasteiger partial charge in [0, 0.05) is 30.7 Å². The van der Waals surface area contributed by atoms with E-state index in [0.717, 1.165) is 49.0 Å². The molecule has 0 aliphatic carbocycles. The number of rotatable bonds is 2. The molecule has 16 nitrogen and oxygen atoms in total. The Morgan fingerprint density at radius 1 is 0.698 bits per heavy atom. The molecule has 53 heavy (non-hydrogen) atoms. The second kappa shape index (κ2) is 17.9. The zero-order chi connectivity index (χ0) is 35.0. The molecule has 4 aliphatic heterocycles. The fourth-order valence-electron chi connectivity index (χ4n) is 6.93. The van der Waals surface area contributed by atoms with Crippen molar-refractivity contribution in [2.24, 2.45) is 0 Å². The molecule has 0 fully saturated rings. The summed E-state index contributed by atoms with van der Waals surface area (Å²) in [5.74, 6) is 3.08. The summed E-state index contributed by atoms with van der Waals surface area (Å²) < 4.78 is 55.9. The molecule has 12 N–H and O–H groups in total. The van der Waals surface area contributed by atoms with Crippen LogP contribution in [-0.4, -0.2) is 101 Å². The SMILES string of the molecule is COc1cc2c3cc1Oc1cc(ccc1O)C[C@@H]1c4c(cc(OC)c(O)c4Oc4ccc(cc4)C[C@@H]3N(C)CC2)CCN1C.O.O.O.O.O=S(=O)(O)O. The topological polar surface area (TPSA) is 284 Å². The van der Waals surface area contributed by atoms with Crippen LogP contribution in [-0.2, 0) is 36.1 Å². The van der Waals surface area contributed by atoms with Crippen LogP contribution in [0.5, 0.6) is 46.0 Å². The molecule has 0 amide bonds. The first kappa shape index (κ1) is 44.5. The average Bonchev–Trinajstić information content (AvgIpc) is 3.05. The number of fused-ring (bicyclic) bond motifs is 2. The summed E-state index contributed by atoms with van der Waals surface area (Å²) in [6, 6.07) is 19.7. The number of phenolic OH excluding ortho intramolecular Hbond substituents is 2. The molecule has 0 saturated carbocycles. The minimum atomic E-state index is -4.67. The lowest BCUT2D eigenvalue weighted by molar-refractivity contribution is 0.222. The Balaban J connectivity index is 0.00000101. The molecule has 0 radical (unpaired) electrons. The minimum absolute atomic E-state index is 0. The van der Waals surface area contributed by atoms with Gasteiger partial charge < -0.3 is 51.1 Å². The van der Waals surface area contributed by atoms with Gasteiger partial charge in [-0.1, -0.05) is 18.2 Å². The van der Waals surface area contributed by atoms with E-state index in [-0.39, 0.29) is 45.5 Å². The fourth-order valence-corrected chi connectivity index (χ4v) is 6.93. The van der Waals surface area contributed by atoms with Gasteiger partial charge in [-0.3, -0.25) is 18.9 Å². The summed E-state index contributed by atoms with van der Waals surface area (Å²) in [7, 11) is 2.78. The summed E-state index contributed by atoms with van der Waals surface area (Å²) in [4.78, 5) is 4.65. The van der Waals surface area contributed by atoms with E-state index in [2.05, 4.69) is 48.2 Å². The Labute approximate surface area is 307 Å². The van der Waals surface area contributed by atoms with Crippen molar-refractivity contribution in [1.29, 1.82) is 0 Å². The van der Waals surface area contributed by atoms with E-state index in [0.29, 0.717) is 40.9 Å². The van der Waals surface area contributed by atoms with Crippen LogP contribution >= 0.6 is 0 Å². The highest BCUT2D eigenvalue weighted by molar-refractivity contribution is 7.79. The molecule has 6 bridgehead atoms. The lowest BCUT2D eigenvalue weighted by atomic mass is 9.87. The van der Waals surface area contributed by atoms with Crippen LogP contribution < -0.4 is 18.9 Å². The first-order valence-corrected chi connectivity index (χ1v) is 17.2. The fraction of sp³-hybridized carbons (Fsp3) is 0.333. The Hall–Kier alpha value is -4.69. The van der Waals surface area contributed by atoms with Crippen LogP contribution in [0.3, 0.4) is 0 Å². The van der Waals surface area contributed by atoms with E-state index in [1.807, 2.05) is 30.3 Å². The predicted molar refractivity (Wildman–Crippen MR) is 197 cm³/mol. The highest BCUT2D eigenvalue weighted by Crippen LogP contribution is 2.50. The molecule has 8 rings (SSSR count). The van der Waals surface area contributed by atoms with Gasteiger partial charge >= 0.3 is 10.4 Å². The van der Waals surface area contributed by atoms with Crippen LogP contribution in [0.25, 0.3) is 0 Å². The quantitative estimate of drug-likeness (QED) is 0.214. The summed E-state index contributed by atoms with van der Waals surface area (Å²) in [6.07, 6.45) is 3.11. The average molecular weight is 765 g/mol. The van der Waals surface area contributed by atoms with Crippen LogP contribution in [0, 0.1) is 0 Å². The second-order valence-electron chi connectivity index (χ2n) is 12.5. The highest BCUT2D eigenvalue weighted by Gasteiger charge is 2.33. The number of hydrogen-bond donors (Lipinski definition) is 4. The zero-order valence-electron chi connectivity index (χ0n) is 29.7. The Morgan fingerprint density at radius 2 is 1.25 bits per heavy atom. The molecule has 4 heterocycles. The molecule has 292 valence electrons. The van der Waals surface area contributed by atoms with Crippen molar-refractivity contribution in [2.45, 2.75) is 37.8 Å². The van der Waals surface area contributed by atoms with Crippen molar-refractivity contribution in [3.63, 3.8) is 0 Å². The Kier molecular flexibility index (Phi) is 15.0. The molecule has 4 aromatic rings. The van der Waals surface area contributed by atoms with E-state index in [1.165, 1.54) is 16.7 Å². The number of aromatic hydroxyl groups is 2. The largest absolute Gasteiger partial charge is 0.504 e. The molecule has 17 heteroatoms. The number of phenols is 2. The predicted octanol–water partition coefficient (Wildman–Crippen LogP) is 2.60. The summed E-state index contributed by atoms with van der Waals surface area (Å²) >= 11 is 0. The molecule has 4 aromatic carbocycles. The maximum atomic E-state index is 11.4. The maximum Gasteiger partial charge on any atom is 0.394 e. The molecule has 4 aliphatic rings. The van der Waals surface area contributed by atoms with Crippen molar-refractivity contribution in [1.82, 2.24) is 9.80 Å². The number of likely N-dealkylation sites (N-methyl/N-ethyl adjacent to an activating group) is 2. The number of ether oxygens (including phenoxy) is 4. The lowest BCUT2D eigenvalue weighted by Crippen LogP contribution is -2.34. The minimum Gasteiger partial charge on any atom is -0.504 e. The monoisotopic (exact) mass is 764 g/mol. The van der Waals surface area contributed by atoms with Crippen molar-refractivity contribution in [3.8, 4) is 46.0 Å². The molecule has 2 atom stereocenters. The van der Waals surface area contributed by atoms with Gasteiger partial charge in [0.1, 0.15) is 5.75 Å². The van der Waals surface area contributed by atoms with Crippen LogP contribution in [0.2, 0.25) is 0 Å². The third kappa shape index (κ3) is 9.65. The van der Waals surface area contributed by atoms with Gasteiger partial charge in [0.15, 0.2) is 34.5 Å². The van der Waals surface area contributed by atoms with E-state index in [4.69, 9.17) is 36.5 Å². The third-order valence-electron chi connectivity index (χ3n) is 9.46. The smallest absolute Gasteiger partial charge is 0.394 e. The van der Waals surface area contributed by atoms with Gasteiger partial charge in [-0.05, 0) is 110 Å². The standard InChI is InChI=1S/C36H38N2O6.H2O4S.4H2O/c1-37-13-11-23-18-31(41-3)32-20-26(23)27(37)15-21-5-8-25(9-6-21)43-36-34-24(19-33(42-4)35(36)40)12-14-38(2)28(34)16-22-7-10-29(39)30(17-22)44-32;1-5(2,3)4;;;;/h5-10,17-20,27-28,39-40H,11-16H2,1-4H3;(H2,1,2,3,4);4*1H2/t27-,28+;;;;;/m0...../s1. The van der Waals surface area contributed by atoms with Gasteiger partial charge in [0.25, 0.3) is 0 Å². The maximum absolute atomic E-state index is 11.4. The first-order chi connectivity index (χ1) is 23.3. The molecule has 0 saturated heterocycles. The summed E-state index contributed by atoms with van der Waals surface area (Å²) in [5.41, 5.74) is 6.58. The number of benzene rings is 4. The van der Waals surface area contributed by atoms with Gasteiger partial charge in [0.2, 0.25) is 5.75 Å². The van der Waals surface area contributed by atoms with Crippen molar-refractivity contribution < 1.29 is 68.6 Å². The third-order valence-corrected chi connectivity index (χ3v) is 9.46.